The van der Waals surface area contributed by atoms with Crippen LogP contribution in [0.2, 0.25) is 0 Å². The summed E-state index contributed by atoms with van der Waals surface area (Å²) >= 11 is 0. The molecule has 0 amide bonds. The number of hydrogen-bond donors (Lipinski definition) is 2. The lowest BCUT2D eigenvalue weighted by Gasteiger charge is -2.19. The molecule has 1 aromatic rings. The molecule has 2 heterocycles. The van der Waals surface area contributed by atoms with Gasteiger partial charge in [-0.05, 0) is 36.1 Å². The van der Waals surface area contributed by atoms with E-state index in [9.17, 15) is 4.79 Å². The normalized spacial score (nSPS) is 25.8. The van der Waals surface area contributed by atoms with Crippen molar-refractivity contribution < 1.29 is 14.6 Å². The molecule has 2 atom stereocenters. The number of rotatable bonds is 3. The Hall–Kier alpha value is -1.55. The van der Waals surface area contributed by atoms with Crippen LogP contribution in [0.15, 0.2) is 18.2 Å². The quantitative estimate of drug-likeness (QED) is 0.854. The predicted octanol–water partition coefficient (Wildman–Crippen LogP) is 1.75. The van der Waals surface area contributed by atoms with Gasteiger partial charge in [-0.25, -0.2) is 0 Å². The Bertz CT molecular complexity index is 472. The largest absolute Gasteiger partial charge is 0.493 e. The Kier molecular flexibility index (Phi) is 2.96. The zero-order valence-corrected chi connectivity index (χ0v) is 10.2. The summed E-state index contributed by atoms with van der Waals surface area (Å²) in [6.45, 7) is 1.65. The first-order valence-corrected chi connectivity index (χ1v) is 6.45. The highest BCUT2D eigenvalue weighted by Gasteiger charge is 2.30. The van der Waals surface area contributed by atoms with Crippen molar-refractivity contribution in [2.75, 3.05) is 13.2 Å². The topological polar surface area (TPSA) is 58.6 Å². The molecule has 2 aliphatic rings. The zero-order chi connectivity index (χ0) is 12.5. The van der Waals surface area contributed by atoms with E-state index in [1.165, 1.54) is 5.56 Å². The van der Waals surface area contributed by atoms with Crippen molar-refractivity contribution in [2.24, 2.45) is 5.92 Å². The fourth-order valence-corrected chi connectivity index (χ4v) is 2.97. The number of ether oxygens (including phenoxy) is 1. The molecule has 18 heavy (non-hydrogen) atoms. The standard InChI is InChI=1S/C14H17NO3/c16-13(17)8-11-3-5-15-14(11)10-2-1-9-4-6-18-12(9)7-10/h1-2,7,11,14-15H,3-6,8H2,(H,16,17)/t11-,14-/m1/s1. The molecule has 0 unspecified atom stereocenters. The molecule has 1 saturated heterocycles. The van der Waals surface area contributed by atoms with Crippen LogP contribution < -0.4 is 10.1 Å². The SMILES string of the molecule is O=C(O)C[C@H]1CCN[C@@H]1c1ccc2c(c1)OCC2. The zero-order valence-electron chi connectivity index (χ0n) is 10.2. The fraction of sp³-hybridized carbons (Fsp3) is 0.500. The first-order valence-electron chi connectivity index (χ1n) is 6.45. The summed E-state index contributed by atoms with van der Waals surface area (Å²) < 4.78 is 5.57. The number of fused-ring (bicyclic) bond motifs is 1. The van der Waals surface area contributed by atoms with Crippen LogP contribution in [-0.2, 0) is 11.2 Å². The van der Waals surface area contributed by atoms with Crippen molar-refractivity contribution in [2.45, 2.75) is 25.3 Å². The van der Waals surface area contributed by atoms with Crippen molar-refractivity contribution in [1.82, 2.24) is 5.32 Å². The Balaban J connectivity index is 1.83. The molecular formula is C14H17NO3. The van der Waals surface area contributed by atoms with Crippen LogP contribution in [0.1, 0.15) is 30.0 Å². The number of carbonyl (C=O) groups is 1. The number of benzene rings is 1. The summed E-state index contributed by atoms with van der Waals surface area (Å²) in [5.74, 6) is 0.434. The van der Waals surface area contributed by atoms with E-state index in [1.807, 2.05) is 0 Å². The van der Waals surface area contributed by atoms with Gasteiger partial charge in [0.05, 0.1) is 13.0 Å². The van der Waals surface area contributed by atoms with Crippen LogP contribution in [0.4, 0.5) is 0 Å². The molecule has 96 valence electrons. The third-order valence-electron chi connectivity index (χ3n) is 3.87. The average molecular weight is 247 g/mol. The third kappa shape index (κ3) is 2.08. The second-order valence-electron chi connectivity index (χ2n) is 5.04. The van der Waals surface area contributed by atoms with Gasteiger partial charge in [0.2, 0.25) is 0 Å². The molecule has 0 saturated carbocycles. The minimum atomic E-state index is -0.717. The van der Waals surface area contributed by atoms with Crippen molar-refractivity contribution in [3.05, 3.63) is 29.3 Å². The van der Waals surface area contributed by atoms with Crippen molar-refractivity contribution in [1.29, 1.82) is 0 Å². The molecule has 0 spiro atoms. The van der Waals surface area contributed by atoms with Crippen molar-refractivity contribution >= 4 is 5.97 Å². The first kappa shape index (κ1) is 11.5. The van der Waals surface area contributed by atoms with E-state index < -0.39 is 5.97 Å². The molecule has 4 heteroatoms. The number of carboxylic acid groups (broad SMARTS) is 1. The highest BCUT2D eigenvalue weighted by atomic mass is 16.5. The highest BCUT2D eigenvalue weighted by molar-refractivity contribution is 5.67. The summed E-state index contributed by atoms with van der Waals surface area (Å²) in [6.07, 6.45) is 2.14. The van der Waals surface area contributed by atoms with Crippen LogP contribution in [-0.4, -0.2) is 24.2 Å². The lowest BCUT2D eigenvalue weighted by atomic mass is 9.91. The van der Waals surface area contributed by atoms with Gasteiger partial charge in [0.15, 0.2) is 0 Å². The number of carboxylic acids is 1. The maximum absolute atomic E-state index is 10.9. The van der Waals surface area contributed by atoms with Gasteiger partial charge in [-0.2, -0.15) is 0 Å². The summed E-state index contributed by atoms with van der Waals surface area (Å²) in [4.78, 5) is 10.9. The van der Waals surface area contributed by atoms with E-state index in [2.05, 4.69) is 23.5 Å². The third-order valence-corrected chi connectivity index (χ3v) is 3.87. The van der Waals surface area contributed by atoms with Gasteiger partial charge in [-0.1, -0.05) is 12.1 Å². The molecular weight excluding hydrogens is 230 g/mol. The molecule has 0 aromatic heterocycles. The summed E-state index contributed by atoms with van der Waals surface area (Å²) in [7, 11) is 0. The van der Waals surface area contributed by atoms with E-state index >= 15 is 0 Å². The van der Waals surface area contributed by atoms with Crippen LogP contribution >= 0.6 is 0 Å². The van der Waals surface area contributed by atoms with Crippen molar-refractivity contribution in [3.8, 4) is 5.75 Å². The molecule has 0 bridgehead atoms. The Morgan fingerprint density at radius 2 is 2.39 bits per heavy atom. The molecule has 0 radical (unpaired) electrons. The van der Waals surface area contributed by atoms with E-state index in [0.29, 0.717) is 0 Å². The lowest BCUT2D eigenvalue weighted by molar-refractivity contribution is -0.138. The first-order chi connectivity index (χ1) is 8.74. The average Bonchev–Trinajstić information content (AvgIpc) is 2.95. The van der Waals surface area contributed by atoms with Crippen LogP contribution in [0.25, 0.3) is 0 Å². The summed E-state index contributed by atoms with van der Waals surface area (Å²) in [5.41, 5.74) is 2.41. The lowest BCUT2D eigenvalue weighted by Crippen LogP contribution is -2.19. The molecule has 3 rings (SSSR count). The van der Waals surface area contributed by atoms with Crippen molar-refractivity contribution in [3.63, 3.8) is 0 Å². The van der Waals surface area contributed by atoms with E-state index in [0.717, 1.165) is 37.3 Å². The van der Waals surface area contributed by atoms with E-state index in [4.69, 9.17) is 9.84 Å². The molecule has 1 aromatic carbocycles. The van der Waals surface area contributed by atoms with Gasteiger partial charge in [0, 0.05) is 12.5 Å². The highest BCUT2D eigenvalue weighted by Crippen LogP contribution is 2.35. The van der Waals surface area contributed by atoms with E-state index in [-0.39, 0.29) is 18.4 Å². The Morgan fingerprint density at radius 1 is 1.50 bits per heavy atom. The van der Waals surface area contributed by atoms with Gasteiger partial charge in [-0.3, -0.25) is 4.79 Å². The minimum Gasteiger partial charge on any atom is -0.493 e. The monoisotopic (exact) mass is 247 g/mol. The smallest absolute Gasteiger partial charge is 0.303 e. The second kappa shape index (κ2) is 4.61. The fourth-order valence-electron chi connectivity index (χ4n) is 2.97. The molecule has 1 fully saturated rings. The number of hydrogen-bond acceptors (Lipinski definition) is 3. The molecule has 2 N–H and O–H groups in total. The van der Waals surface area contributed by atoms with Gasteiger partial charge >= 0.3 is 5.97 Å². The number of nitrogens with one attached hydrogen (secondary N) is 1. The molecule has 0 aliphatic carbocycles. The number of aliphatic carboxylic acids is 1. The van der Waals surface area contributed by atoms with Gasteiger partial charge < -0.3 is 15.2 Å². The van der Waals surface area contributed by atoms with Crippen LogP contribution in [0.5, 0.6) is 5.75 Å². The summed E-state index contributed by atoms with van der Waals surface area (Å²) in [6, 6.07) is 6.43. The van der Waals surface area contributed by atoms with E-state index in [1.54, 1.807) is 0 Å². The molecule has 2 aliphatic heterocycles. The maximum atomic E-state index is 10.9. The molecule has 4 nitrogen and oxygen atoms in total. The van der Waals surface area contributed by atoms with Crippen LogP contribution in [0.3, 0.4) is 0 Å². The van der Waals surface area contributed by atoms with Gasteiger partial charge in [0.1, 0.15) is 5.75 Å². The van der Waals surface area contributed by atoms with Gasteiger partial charge in [0.25, 0.3) is 0 Å². The Morgan fingerprint density at radius 3 is 3.22 bits per heavy atom. The van der Waals surface area contributed by atoms with Gasteiger partial charge in [-0.15, -0.1) is 0 Å². The van der Waals surface area contributed by atoms with Crippen LogP contribution in [0, 0.1) is 5.92 Å². The minimum absolute atomic E-state index is 0.149. The Labute approximate surface area is 106 Å². The maximum Gasteiger partial charge on any atom is 0.303 e. The predicted molar refractivity (Wildman–Crippen MR) is 66.7 cm³/mol. The summed E-state index contributed by atoms with van der Waals surface area (Å²) in [5, 5.41) is 12.3. The second-order valence-corrected chi connectivity index (χ2v) is 5.04.